The lowest BCUT2D eigenvalue weighted by molar-refractivity contribution is 0.292. The smallest absolute Gasteiger partial charge is 0.127 e. The van der Waals surface area contributed by atoms with E-state index in [9.17, 15) is 0 Å². The van der Waals surface area contributed by atoms with Gasteiger partial charge in [0.25, 0.3) is 0 Å². The Balaban J connectivity index is 0.00000161. The van der Waals surface area contributed by atoms with Crippen LogP contribution in [-0.4, -0.2) is 19.2 Å². The summed E-state index contributed by atoms with van der Waals surface area (Å²) >= 11 is 0. The highest BCUT2D eigenvalue weighted by Gasteiger charge is 2.11. The van der Waals surface area contributed by atoms with Crippen molar-refractivity contribution >= 4 is 23.2 Å². The van der Waals surface area contributed by atoms with Crippen LogP contribution in [0.25, 0.3) is 10.8 Å². The first kappa shape index (κ1) is 16.1. The van der Waals surface area contributed by atoms with Crippen molar-refractivity contribution in [2.24, 2.45) is 0 Å². The van der Waals surface area contributed by atoms with Crippen LogP contribution in [0.15, 0.2) is 42.5 Å². The molecule has 0 amide bonds. The van der Waals surface area contributed by atoms with Crippen LogP contribution in [0.2, 0.25) is 0 Å². The van der Waals surface area contributed by atoms with Crippen LogP contribution in [-0.2, 0) is 0 Å². The van der Waals surface area contributed by atoms with E-state index in [0.29, 0.717) is 6.04 Å². The fourth-order valence-electron chi connectivity index (χ4n) is 3.05. The Morgan fingerprint density at radius 3 is 2.57 bits per heavy atom. The van der Waals surface area contributed by atoms with E-state index in [1.165, 1.54) is 42.9 Å². The second-order valence-electron chi connectivity index (χ2n) is 5.61. The first-order valence-electron chi connectivity index (χ1n) is 7.77. The molecule has 0 aromatic heterocycles. The maximum absolute atomic E-state index is 5.95. The van der Waals surface area contributed by atoms with E-state index in [0.717, 1.165) is 18.9 Å². The molecule has 1 fully saturated rings. The van der Waals surface area contributed by atoms with Gasteiger partial charge in [-0.2, -0.15) is 0 Å². The van der Waals surface area contributed by atoms with Gasteiger partial charge in [-0.3, -0.25) is 0 Å². The molecule has 1 saturated carbocycles. The van der Waals surface area contributed by atoms with Gasteiger partial charge in [0, 0.05) is 18.0 Å². The van der Waals surface area contributed by atoms with Crippen LogP contribution in [0.1, 0.15) is 32.1 Å². The molecule has 114 valence electrons. The average molecular weight is 306 g/mol. The molecule has 2 nitrogen and oxygen atoms in total. The molecule has 21 heavy (non-hydrogen) atoms. The minimum atomic E-state index is 0. The summed E-state index contributed by atoms with van der Waals surface area (Å²) in [6.07, 6.45) is 6.82. The third-order valence-corrected chi connectivity index (χ3v) is 4.15. The molecule has 1 aliphatic carbocycles. The largest absolute Gasteiger partial charge is 0.492 e. The number of fused-ring (bicyclic) bond motifs is 1. The molecule has 3 heteroatoms. The van der Waals surface area contributed by atoms with Crippen molar-refractivity contribution in [3.05, 3.63) is 42.5 Å². The predicted octanol–water partition coefficient (Wildman–Crippen LogP) is 4.56. The molecule has 1 aliphatic rings. The van der Waals surface area contributed by atoms with Gasteiger partial charge in [-0.05, 0) is 24.3 Å². The Labute approximate surface area is 133 Å². The average Bonchev–Trinajstić information content (AvgIpc) is 2.53. The zero-order valence-electron chi connectivity index (χ0n) is 12.4. The monoisotopic (exact) mass is 305 g/mol. The molecule has 0 aliphatic heterocycles. The zero-order valence-corrected chi connectivity index (χ0v) is 13.2. The molecule has 0 atom stereocenters. The highest BCUT2D eigenvalue weighted by atomic mass is 35.5. The molecular formula is C18H24ClNO. The van der Waals surface area contributed by atoms with Gasteiger partial charge in [0.05, 0.1) is 0 Å². The Kier molecular flexibility index (Phi) is 6.34. The molecule has 0 unspecified atom stereocenters. The lowest BCUT2D eigenvalue weighted by Crippen LogP contribution is -2.34. The number of halogens is 1. The quantitative estimate of drug-likeness (QED) is 0.818. The van der Waals surface area contributed by atoms with Gasteiger partial charge >= 0.3 is 0 Å². The van der Waals surface area contributed by atoms with Crippen LogP contribution in [0.3, 0.4) is 0 Å². The first-order chi connectivity index (χ1) is 9.93. The molecule has 2 aromatic rings. The molecular weight excluding hydrogens is 282 g/mol. The number of ether oxygens (including phenoxy) is 1. The minimum absolute atomic E-state index is 0. The molecule has 0 saturated heterocycles. The van der Waals surface area contributed by atoms with Gasteiger partial charge in [-0.25, -0.2) is 0 Å². The first-order valence-corrected chi connectivity index (χ1v) is 7.77. The lowest BCUT2D eigenvalue weighted by Gasteiger charge is -2.22. The third-order valence-electron chi connectivity index (χ3n) is 4.15. The lowest BCUT2D eigenvalue weighted by atomic mass is 9.96. The van der Waals surface area contributed by atoms with Crippen molar-refractivity contribution in [1.82, 2.24) is 5.32 Å². The van der Waals surface area contributed by atoms with Crippen molar-refractivity contribution in [2.45, 2.75) is 38.1 Å². The third kappa shape index (κ3) is 4.36. The maximum Gasteiger partial charge on any atom is 0.127 e. The summed E-state index contributed by atoms with van der Waals surface area (Å²) in [5, 5.41) is 6.06. The van der Waals surface area contributed by atoms with Gasteiger partial charge < -0.3 is 10.1 Å². The molecule has 3 rings (SSSR count). The molecule has 0 heterocycles. The highest BCUT2D eigenvalue weighted by Crippen LogP contribution is 2.25. The van der Waals surface area contributed by atoms with Gasteiger partial charge in [0.1, 0.15) is 12.4 Å². The van der Waals surface area contributed by atoms with Crippen LogP contribution in [0, 0.1) is 0 Å². The molecule has 1 N–H and O–H groups in total. The summed E-state index contributed by atoms with van der Waals surface area (Å²) in [5.41, 5.74) is 0. The Morgan fingerprint density at radius 2 is 1.71 bits per heavy atom. The standard InChI is InChI=1S/C18H23NO.ClH/c1-2-9-16(10-3-1)19-13-14-20-18-12-6-8-15-7-4-5-11-17(15)18;/h4-8,11-12,16,19H,1-3,9-10,13-14H2;1H. The van der Waals surface area contributed by atoms with Crippen molar-refractivity contribution in [3.63, 3.8) is 0 Å². The molecule has 0 radical (unpaired) electrons. The van der Waals surface area contributed by atoms with Gasteiger partial charge in [0.15, 0.2) is 0 Å². The molecule has 0 bridgehead atoms. The van der Waals surface area contributed by atoms with E-state index in [2.05, 4.69) is 47.8 Å². The van der Waals surface area contributed by atoms with Crippen molar-refractivity contribution in [2.75, 3.05) is 13.2 Å². The number of nitrogens with one attached hydrogen (secondary N) is 1. The normalized spacial score (nSPS) is 15.6. The van der Waals surface area contributed by atoms with Crippen LogP contribution in [0.5, 0.6) is 5.75 Å². The van der Waals surface area contributed by atoms with Crippen molar-refractivity contribution < 1.29 is 4.74 Å². The van der Waals surface area contributed by atoms with E-state index in [4.69, 9.17) is 4.74 Å². The zero-order chi connectivity index (χ0) is 13.6. The van der Waals surface area contributed by atoms with Gasteiger partial charge in [0.2, 0.25) is 0 Å². The fraction of sp³-hybridized carbons (Fsp3) is 0.444. The number of hydrogen-bond acceptors (Lipinski definition) is 2. The van der Waals surface area contributed by atoms with E-state index in [1.807, 2.05) is 0 Å². The van der Waals surface area contributed by atoms with Gasteiger partial charge in [-0.15, -0.1) is 12.4 Å². The Morgan fingerprint density at radius 1 is 0.952 bits per heavy atom. The maximum atomic E-state index is 5.95. The molecule has 2 aromatic carbocycles. The van der Waals surface area contributed by atoms with Crippen molar-refractivity contribution in [1.29, 1.82) is 0 Å². The topological polar surface area (TPSA) is 21.3 Å². The fourth-order valence-corrected chi connectivity index (χ4v) is 3.05. The summed E-state index contributed by atoms with van der Waals surface area (Å²) in [4.78, 5) is 0. The summed E-state index contributed by atoms with van der Waals surface area (Å²) < 4.78 is 5.95. The number of benzene rings is 2. The minimum Gasteiger partial charge on any atom is -0.492 e. The summed E-state index contributed by atoms with van der Waals surface area (Å²) in [5.74, 6) is 0.994. The predicted molar refractivity (Wildman–Crippen MR) is 91.6 cm³/mol. The van der Waals surface area contributed by atoms with E-state index >= 15 is 0 Å². The van der Waals surface area contributed by atoms with Crippen LogP contribution < -0.4 is 10.1 Å². The highest BCUT2D eigenvalue weighted by molar-refractivity contribution is 5.88. The number of hydrogen-bond donors (Lipinski definition) is 1. The van der Waals surface area contributed by atoms with E-state index in [-0.39, 0.29) is 12.4 Å². The van der Waals surface area contributed by atoms with Crippen molar-refractivity contribution in [3.8, 4) is 5.75 Å². The van der Waals surface area contributed by atoms with E-state index < -0.39 is 0 Å². The second-order valence-corrected chi connectivity index (χ2v) is 5.61. The Hall–Kier alpha value is -1.25. The summed E-state index contributed by atoms with van der Waals surface area (Å²) in [6.45, 7) is 1.68. The SMILES string of the molecule is Cl.c1ccc2c(OCCNC3CCCCC3)cccc2c1. The molecule has 0 spiro atoms. The van der Waals surface area contributed by atoms with E-state index in [1.54, 1.807) is 0 Å². The van der Waals surface area contributed by atoms with Crippen LogP contribution >= 0.6 is 12.4 Å². The Bertz CT molecular complexity index is 546. The summed E-state index contributed by atoms with van der Waals surface area (Å²) in [6, 6.07) is 15.3. The number of rotatable bonds is 5. The second kappa shape index (κ2) is 8.26. The van der Waals surface area contributed by atoms with Crippen LogP contribution in [0.4, 0.5) is 0 Å². The van der Waals surface area contributed by atoms with Gasteiger partial charge in [-0.1, -0.05) is 55.7 Å². The summed E-state index contributed by atoms with van der Waals surface area (Å²) in [7, 11) is 0.